The van der Waals surface area contributed by atoms with Gasteiger partial charge in [-0.2, -0.15) is 18.3 Å². The second-order valence-corrected chi connectivity index (χ2v) is 10.6. The molecule has 11 heteroatoms. The van der Waals surface area contributed by atoms with Crippen LogP contribution < -0.4 is 5.32 Å². The molecule has 1 amide bonds. The summed E-state index contributed by atoms with van der Waals surface area (Å²) in [6, 6.07) is 8.92. The molecule has 218 valence electrons. The first-order valence-corrected chi connectivity index (χ1v) is 13.9. The number of benzene rings is 1. The standard InChI is InChI=1S/C31H32F3N7O/c1-4-40-11-13-41(14-12-40)19-24-8-7-23(17-26(24)31(32,33)34)30(42)37-27-16-21(9-10-35-27)5-6-22-15-25-28(20(2)3)38-39-29(25)36-18-22/h7-10,15-18,20H,4,11-14,19H2,1-3H3,(H,35,37,42)(H,36,38,39). The molecule has 1 aliphatic heterocycles. The minimum atomic E-state index is -4.59. The molecule has 2 N–H and O–H groups in total. The molecule has 0 unspecified atom stereocenters. The van der Waals surface area contributed by atoms with E-state index in [9.17, 15) is 18.0 Å². The minimum Gasteiger partial charge on any atom is -0.307 e. The molecule has 1 saturated heterocycles. The fourth-order valence-corrected chi connectivity index (χ4v) is 4.96. The van der Waals surface area contributed by atoms with Gasteiger partial charge in [0.05, 0.1) is 5.56 Å². The van der Waals surface area contributed by atoms with Gasteiger partial charge < -0.3 is 10.2 Å². The van der Waals surface area contributed by atoms with Crippen LogP contribution in [-0.2, 0) is 12.7 Å². The highest BCUT2D eigenvalue weighted by Gasteiger charge is 2.34. The van der Waals surface area contributed by atoms with E-state index in [-0.39, 0.29) is 29.4 Å². The van der Waals surface area contributed by atoms with E-state index < -0.39 is 17.6 Å². The van der Waals surface area contributed by atoms with E-state index in [1.165, 1.54) is 18.3 Å². The first-order valence-electron chi connectivity index (χ1n) is 13.9. The maximum atomic E-state index is 14.0. The molecule has 4 aromatic rings. The lowest BCUT2D eigenvalue weighted by Crippen LogP contribution is -2.45. The predicted molar refractivity (Wildman–Crippen MR) is 155 cm³/mol. The zero-order chi connectivity index (χ0) is 29.9. The number of rotatable bonds is 6. The Morgan fingerprint density at radius 2 is 1.76 bits per heavy atom. The second kappa shape index (κ2) is 12.3. The van der Waals surface area contributed by atoms with Crippen molar-refractivity contribution in [2.45, 2.75) is 39.4 Å². The maximum absolute atomic E-state index is 14.0. The number of aromatic amines is 1. The Bertz CT molecular complexity index is 1640. The van der Waals surface area contributed by atoms with Gasteiger partial charge in [0, 0.05) is 72.9 Å². The van der Waals surface area contributed by atoms with Crippen LogP contribution in [0.2, 0.25) is 0 Å². The third-order valence-corrected chi connectivity index (χ3v) is 7.35. The molecule has 0 atom stereocenters. The Morgan fingerprint density at radius 3 is 2.48 bits per heavy atom. The largest absolute Gasteiger partial charge is 0.416 e. The van der Waals surface area contributed by atoms with Gasteiger partial charge in [0.25, 0.3) is 5.91 Å². The Morgan fingerprint density at radius 1 is 1.02 bits per heavy atom. The Hall–Kier alpha value is -4.27. The van der Waals surface area contributed by atoms with E-state index in [1.807, 2.05) is 11.0 Å². The van der Waals surface area contributed by atoms with Crippen LogP contribution in [0, 0.1) is 11.8 Å². The van der Waals surface area contributed by atoms with Gasteiger partial charge in [-0.05, 0) is 48.4 Å². The minimum absolute atomic E-state index is 0.0967. The number of piperazine rings is 1. The average Bonchev–Trinajstić information content (AvgIpc) is 3.40. The summed E-state index contributed by atoms with van der Waals surface area (Å²) >= 11 is 0. The molecule has 1 aromatic carbocycles. The summed E-state index contributed by atoms with van der Waals surface area (Å²) in [6.07, 6.45) is -1.47. The molecule has 1 aliphatic rings. The van der Waals surface area contributed by atoms with Crippen molar-refractivity contribution in [2.75, 3.05) is 38.0 Å². The summed E-state index contributed by atoms with van der Waals surface area (Å²) in [5.74, 6) is 5.85. The number of H-pyrrole nitrogens is 1. The summed E-state index contributed by atoms with van der Waals surface area (Å²) in [6.45, 7) is 10.3. The highest BCUT2D eigenvalue weighted by molar-refractivity contribution is 6.04. The van der Waals surface area contributed by atoms with Crippen molar-refractivity contribution in [3.05, 3.63) is 82.3 Å². The smallest absolute Gasteiger partial charge is 0.307 e. The molecule has 42 heavy (non-hydrogen) atoms. The second-order valence-electron chi connectivity index (χ2n) is 10.6. The summed E-state index contributed by atoms with van der Waals surface area (Å²) in [5, 5.41) is 10.7. The lowest BCUT2D eigenvalue weighted by Gasteiger charge is -2.34. The molecule has 8 nitrogen and oxygen atoms in total. The van der Waals surface area contributed by atoms with Crippen molar-refractivity contribution in [1.29, 1.82) is 0 Å². The van der Waals surface area contributed by atoms with Gasteiger partial charge in [-0.25, -0.2) is 9.97 Å². The molecule has 0 radical (unpaired) electrons. The third-order valence-electron chi connectivity index (χ3n) is 7.35. The fourth-order valence-electron chi connectivity index (χ4n) is 4.96. The summed E-state index contributed by atoms with van der Waals surface area (Å²) < 4.78 is 42.0. The van der Waals surface area contributed by atoms with Crippen LogP contribution in [0.5, 0.6) is 0 Å². The van der Waals surface area contributed by atoms with Gasteiger partial charge in [0.2, 0.25) is 0 Å². The van der Waals surface area contributed by atoms with Gasteiger partial charge in [-0.15, -0.1) is 0 Å². The highest BCUT2D eigenvalue weighted by atomic mass is 19.4. The molecular formula is C31H32F3N7O. The Kier molecular flexibility index (Phi) is 8.56. The van der Waals surface area contributed by atoms with Crippen LogP contribution in [-0.4, -0.2) is 68.6 Å². The van der Waals surface area contributed by atoms with Gasteiger partial charge in [0.15, 0.2) is 5.65 Å². The average molecular weight is 576 g/mol. The number of fused-ring (bicyclic) bond motifs is 1. The number of carbonyl (C=O) groups is 1. The molecule has 5 rings (SSSR count). The lowest BCUT2D eigenvalue weighted by molar-refractivity contribution is -0.138. The normalized spacial score (nSPS) is 14.6. The number of carbonyl (C=O) groups excluding carboxylic acids is 1. The fraction of sp³-hybridized carbons (Fsp3) is 0.355. The quantitative estimate of drug-likeness (QED) is 0.304. The van der Waals surface area contributed by atoms with Crippen molar-refractivity contribution in [3.8, 4) is 11.8 Å². The van der Waals surface area contributed by atoms with E-state index in [4.69, 9.17) is 0 Å². The van der Waals surface area contributed by atoms with Gasteiger partial charge in [-0.3, -0.25) is 14.8 Å². The number of hydrogen-bond acceptors (Lipinski definition) is 6. The van der Waals surface area contributed by atoms with E-state index in [2.05, 4.69) is 63.0 Å². The van der Waals surface area contributed by atoms with Crippen LogP contribution in [0.4, 0.5) is 19.0 Å². The van der Waals surface area contributed by atoms with Crippen molar-refractivity contribution < 1.29 is 18.0 Å². The number of amides is 1. The molecule has 0 aliphatic carbocycles. The van der Waals surface area contributed by atoms with Crippen LogP contribution >= 0.6 is 0 Å². The highest BCUT2D eigenvalue weighted by Crippen LogP contribution is 2.34. The Labute approximate surface area is 242 Å². The number of aromatic nitrogens is 4. The van der Waals surface area contributed by atoms with E-state index in [1.54, 1.807) is 18.3 Å². The van der Waals surface area contributed by atoms with Crippen LogP contribution in [0.3, 0.4) is 0 Å². The summed E-state index contributed by atoms with van der Waals surface area (Å²) in [7, 11) is 0. The molecule has 0 saturated carbocycles. The first-order chi connectivity index (χ1) is 20.1. The van der Waals surface area contributed by atoms with Gasteiger partial charge >= 0.3 is 6.18 Å². The monoisotopic (exact) mass is 575 g/mol. The maximum Gasteiger partial charge on any atom is 0.416 e. The number of hydrogen-bond donors (Lipinski definition) is 2. The number of pyridine rings is 2. The molecular weight excluding hydrogens is 543 g/mol. The van der Waals surface area contributed by atoms with Gasteiger partial charge in [-0.1, -0.05) is 38.7 Å². The van der Waals surface area contributed by atoms with Crippen LogP contribution in [0.15, 0.2) is 48.8 Å². The SMILES string of the molecule is CCN1CCN(Cc2ccc(C(=O)Nc3cc(C#Cc4cnc5n[nH]c(C(C)C)c5c4)ccn3)cc2C(F)(F)F)CC1. The topological polar surface area (TPSA) is 90.0 Å². The number of anilines is 1. The number of nitrogens with one attached hydrogen (secondary N) is 2. The van der Waals surface area contributed by atoms with E-state index >= 15 is 0 Å². The third kappa shape index (κ3) is 6.78. The zero-order valence-electron chi connectivity index (χ0n) is 23.7. The van der Waals surface area contributed by atoms with Crippen LogP contribution in [0.1, 0.15) is 65.0 Å². The molecule has 0 bridgehead atoms. The predicted octanol–water partition coefficient (Wildman–Crippen LogP) is 5.28. The van der Waals surface area contributed by atoms with Gasteiger partial charge in [0.1, 0.15) is 5.82 Å². The lowest BCUT2D eigenvalue weighted by atomic mass is 10.0. The molecule has 3 aromatic heterocycles. The molecule has 4 heterocycles. The molecule has 1 fully saturated rings. The number of nitrogens with zero attached hydrogens (tertiary/aromatic N) is 5. The Balaban J connectivity index is 1.30. The first kappa shape index (κ1) is 29.2. The van der Waals surface area contributed by atoms with Crippen molar-refractivity contribution in [2.24, 2.45) is 0 Å². The van der Waals surface area contributed by atoms with Crippen molar-refractivity contribution in [3.63, 3.8) is 0 Å². The number of alkyl halides is 3. The zero-order valence-corrected chi connectivity index (χ0v) is 23.7. The van der Waals surface area contributed by atoms with Crippen LogP contribution in [0.25, 0.3) is 11.0 Å². The number of halogens is 3. The van der Waals surface area contributed by atoms with Crippen molar-refractivity contribution >= 4 is 22.8 Å². The van der Waals surface area contributed by atoms with Crippen molar-refractivity contribution in [1.82, 2.24) is 30.0 Å². The van der Waals surface area contributed by atoms with E-state index in [0.717, 1.165) is 36.8 Å². The number of likely N-dealkylation sites (N-methyl/N-ethyl adjacent to an activating group) is 1. The molecule has 0 spiro atoms. The summed E-state index contributed by atoms with van der Waals surface area (Å²) in [5.41, 5.74) is 2.13. The van der Waals surface area contributed by atoms with E-state index in [0.29, 0.717) is 29.9 Å². The summed E-state index contributed by atoms with van der Waals surface area (Å²) in [4.78, 5) is 25.7.